The highest BCUT2D eigenvalue weighted by atomic mass is 19.1. The van der Waals surface area contributed by atoms with E-state index in [1.807, 2.05) is 0 Å². The van der Waals surface area contributed by atoms with E-state index >= 15 is 0 Å². The number of hydrogen-bond donors (Lipinski definition) is 2. The third-order valence-corrected chi connectivity index (χ3v) is 8.12. The van der Waals surface area contributed by atoms with Crippen molar-refractivity contribution < 1.29 is 27.7 Å². The largest absolute Gasteiger partial charge is 0.479 e. The highest BCUT2D eigenvalue weighted by Gasteiger charge is 2.25. The van der Waals surface area contributed by atoms with Crippen molar-refractivity contribution in [3.8, 4) is 45.6 Å². The summed E-state index contributed by atoms with van der Waals surface area (Å²) in [4.78, 5) is 8.02. The summed E-state index contributed by atoms with van der Waals surface area (Å²) in [6.07, 6.45) is 13.1. The molecule has 248 valence electrons. The van der Waals surface area contributed by atoms with E-state index in [1.54, 1.807) is 46.5 Å². The third-order valence-electron chi connectivity index (χ3n) is 8.12. The van der Waals surface area contributed by atoms with Crippen molar-refractivity contribution in [1.29, 1.82) is 0 Å². The number of nitrogens with zero attached hydrogens (tertiary/aromatic N) is 8. The monoisotopic (exact) mass is 658 g/mol. The predicted molar refractivity (Wildman–Crippen MR) is 167 cm³/mol. The number of halogens is 2. The van der Waals surface area contributed by atoms with Crippen LogP contribution in [-0.2, 0) is 35.2 Å². The highest BCUT2D eigenvalue weighted by molar-refractivity contribution is 5.66. The number of rotatable bonds is 6. The van der Waals surface area contributed by atoms with E-state index in [1.165, 1.54) is 26.4 Å². The summed E-state index contributed by atoms with van der Waals surface area (Å²) in [6, 6.07) is 2.75. The minimum Gasteiger partial charge on any atom is -0.479 e. The summed E-state index contributed by atoms with van der Waals surface area (Å²) in [5, 5.41) is 23.0. The molecule has 0 spiro atoms. The molecule has 16 heteroatoms. The van der Waals surface area contributed by atoms with Gasteiger partial charge in [0.25, 0.3) is 0 Å². The smallest absolute Gasteiger partial charge is 0.250 e. The molecular weight excluding hydrogens is 626 g/mol. The number of H-pyrrole nitrogens is 2. The van der Waals surface area contributed by atoms with Gasteiger partial charge in [-0.15, -0.1) is 0 Å². The van der Waals surface area contributed by atoms with Crippen molar-refractivity contribution in [2.75, 3.05) is 40.6 Å². The molecule has 0 fully saturated rings. The molecule has 0 saturated carbocycles. The van der Waals surface area contributed by atoms with Crippen LogP contribution in [0.4, 0.5) is 8.78 Å². The molecule has 0 aliphatic carbocycles. The summed E-state index contributed by atoms with van der Waals surface area (Å²) in [5.41, 5.74) is 8.77. The molecule has 2 aliphatic rings. The van der Waals surface area contributed by atoms with E-state index in [0.29, 0.717) is 44.2 Å². The molecule has 6 aromatic rings. The van der Waals surface area contributed by atoms with Crippen LogP contribution in [0.15, 0.2) is 49.3 Å². The summed E-state index contributed by atoms with van der Waals surface area (Å²) in [5.74, 6) is -1.11. The van der Waals surface area contributed by atoms with Crippen LogP contribution in [0.25, 0.3) is 33.9 Å². The molecule has 0 unspecified atom stereocenters. The Hall–Kier alpha value is -5.48. The maximum absolute atomic E-state index is 14.1. The van der Waals surface area contributed by atoms with Crippen molar-refractivity contribution >= 4 is 0 Å². The number of nitrogens with one attached hydrogen (secondary N) is 2. The second-order valence-corrected chi connectivity index (χ2v) is 10.9. The lowest BCUT2D eigenvalue weighted by Gasteiger charge is -2.09. The number of methoxy groups -OCH3 is 2. The Morgan fingerprint density at radius 2 is 1.27 bits per heavy atom. The Morgan fingerprint density at radius 3 is 1.88 bits per heavy atom. The van der Waals surface area contributed by atoms with Gasteiger partial charge in [0.1, 0.15) is 0 Å². The molecule has 8 rings (SSSR count). The van der Waals surface area contributed by atoms with Gasteiger partial charge in [-0.25, -0.2) is 28.1 Å². The molecule has 2 N–H and O–H groups in total. The highest BCUT2D eigenvalue weighted by Crippen LogP contribution is 2.32. The number of aromatic amines is 2. The number of pyridine rings is 2. The first-order valence-electron chi connectivity index (χ1n) is 15.3. The van der Waals surface area contributed by atoms with Crippen LogP contribution >= 0.6 is 0 Å². The number of fused-ring (bicyclic) bond motifs is 2. The van der Waals surface area contributed by atoms with Crippen LogP contribution in [0.3, 0.4) is 0 Å². The lowest BCUT2D eigenvalue weighted by atomic mass is 10.0. The van der Waals surface area contributed by atoms with E-state index in [0.717, 1.165) is 64.3 Å². The lowest BCUT2D eigenvalue weighted by Crippen LogP contribution is -2.06. The molecule has 0 saturated heterocycles. The van der Waals surface area contributed by atoms with Crippen molar-refractivity contribution in [2.45, 2.75) is 25.7 Å². The molecule has 0 bridgehead atoms. The first kappa shape index (κ1) is 31.1. The molecule has 0 aromatic carbocycles. The van der Waals surface area contributed by atoms with E-state index in [-0.39, 0.29) is 11.8 Å². The Kier molecular flexibility index (Phi) is 8.89. The third kappa shape index (κ3) is 6.02. The van der Waals surface area contributed by atoms with Crippen molar-refractivity contribution in [3.63, 3.8) is 0 Å². The van der Waals surface area contributed by atoms with Crippen molar-refractivity contribution in [3.05, 3.63) is 83.5 Å². The fraction of sp³-hybridized carbons (Fsp3) is 0.312. The van der Waals surface area contributed by atoms with Gasteiger partial charge in [-0.1, -0.05) is 0 Å². The second-order valence-electron chi connectivity index (χ2n) is 10.9. The maximum Gasteiger partial charge on any atom is 0.250 e. The van der Waals surface area contributed by atoms with Crippen molar-refractivity contribution in [1.82, 2.24) is 49.9 Å². The van der Waals surface area contributed by atoms with E-state index < -0.39 is 11.6 Å². The minimum atomic E-state index is -0.526. The van der Waals surface area contributed by atoms with Crippen LogP contribution in [0.5, 0.6) is 11.8 Å². The molecule has 48 heavy (non-hydrogen) atoms. The molecule has 6 aromatic heterocycles. The van der Waals surface area contributed by atoms with E-state index in [9.17, 15) is 8.78 Å². The second kappa shape index (κ2) is 13.7. The fourth-order valence-corrected chi connectivity index (χ4v) is 5.91. The summed E-state index contributed by atoms with van der Waals surface area (Å²) in [6.45, 7) is 2.51. The van der Waals surface area contributed by atoms with Gasteiger partial charge in [-0.3, -0.25) is 10.2 Å². The van der Waals surface area contributed by atoms with Crippen LogP contribution < -0.4 is 9.47 Å². The standard InChI is InChI=1S/2C16H16FN5O2/c1-23-16-13(17)6-11(9-18-16)22-14-3-5-24-4-2-12(14)15(21-22)10-7-19-20-8-10;1-23-16-13(17)6-11(9-18-16)22-15(10-7-19-20-8-10)12-2-4-24-5-3-14(12)21-22/h2*6-9H,2-5H2,1H3,(H,19,20). The summed E-state index contributed by atoms with van der Waals surface area (Å²) in [7, 11) is 2.78. The van der Waals surface area contributed by atoms with Crippen molar-refractivity contribution in [2.24, 2.45) is 0 Å². The van der Waals surface area contributed by atoms with E-state index in [4.69, 9.17) is 24.0 Å². The fourth-order valence-electron chi connectivity index (χ4n) is 5.91. The van der Waals surface area contributed by atoms with E-state index in [2.05, 4.69) is 35.5 Å². The predicted octanol–water partition coefficient (Wildman–Crippen LogP) is 3.84. The van der Waals surface area contributed by atoms with Crippen LogP contribution in [-0.4, -0.2) is 90.6 Å². The van der Waals surface area contributed by atoms with Crippen LogP contribution in [0, 0.1) is 11.6 Å². The zero-order valence-corrected chi connectivity index (χ0v) is 26.2. The maximum atomic E-state index is 14.1. The number of hydrogen-bond acceptors (Lipinski definition) is 10. The molecule has 0 amide bonds. The molecular formula is C32H32F2N10O4. The van der Waals surface area contributed by atoms with Gasteiger partial charge in [0, 0.05) is 59.6 Å². The van der Waals surface area contributed by atoms with Gasteiger partial charge >= 0.3 is 0 Å². The molecule has 0 radical (unpaired) electrons. The molecule has 2 aliphatic heterocycles. The molecule has 8 heterocycles. The van der Waals surface area contributed by atoms with Gasteiger partial charge in [-0.2, -0.15) is 20.4 Å². The Balaban J connectivity index is 0.000000152. The summed E-state index contributed by atoms with van der Waals surface area (Å²) < 4.78 is 52.5. The Morgan fingerprint density at radius 1 is 0.688 bits per heavy atom. The van der Waals surface area contributed by atoms with Gasteiger partial charge < -0.3 is 18.9 Å². The van der Waals surface area contributed by atoms with Gasteiger partial charge in [0.05, 0.1) is 99.6 Å². The van der Waals surface area contributed by atoms with Crippen LogP contribution in [0.1, 0.15) is 22.5 Å². The lowest BCUT2D eigenvalue weighted by molar-refractivity contribution is 0.145. The Bertz CT molecular complexity index is 2010. The number of ether oxygens (including phenoxy) is 4. The molecule has 0 atom stereocenters. The minimum absolute atomic E-state index is 0.0320. The number of aromatic nitrogens is 10. The Labute approximate surface area is 273 Å². The van der Waals surface area contributed by atoms with Gasteiger partial charge in [-0.05, 0) is 12.8 Å². The van der Waals surface area contributed by atoms with Gasteiger partial charge in [0.15, 0.2) is 11.6 Å². The van der Waals surface area contributed by atoms with Crippen LogP contribution in [0.2, 0.25) is 0 Å². The molecule has 14 nitrogen and oxygen atoms in total. The SMILES string of the molecule is COc1ncc(-n2nc(-c3cn[nH]c3)c3c2CCOCC3)cc1F.COc1ncc(-n2nc3c(c2-c2cn[nH]c2)CCOCC3)cc1F. The topological polar surface area (TPSA) is 156 Å². The normalized spacial score (nSPS) is 14.2. The first-order valence-corrected chi connectivity index (χ1v) is 15.3. The quantitative estimate of drug-likeness (QED) is 0.270. The first-order chi connectivity index (χ1) is 23.6. The average molecular weight is 659 g/mol. The zero-order valence-electron chi connectivity index (χ0n) is 26.2. The van der Waals surface area contributed by atoms with Gasteiger partial charge in [0.2, 0.25) is 11.8 Å². The average Bonchev–Trinajstić information content (AvgIpc) is 3.89. The summed E-state index contributed by atoms with van der Waals surface area (Å²) >= 11 is 0. The zero-order chi connectivity index (χ0) is 33.0.